The molecule has 86 valence electrons. The number of Topliss-reactive ketones (excluding diaryl/α,β-unsaturated/α-hetero) is 1. The van der Waals surface area contributed by atoms with Crippen LogP contribution in [0.4, 0.5) is 0 Å². The quantitative estimate of drug-likeness (QED) is 0.734. The van der Waals surface area contributed by atoms with E-state index in [4.69, 9.17) is 9.47 Å². The lowest BCUT2D eigenvalue weighted by Gasteiger charge is -2.14. The van der Waals surface area contributed by atoms with Gasteiger partial charge in [0.25, 0.3) is 0 Å². The Morgan fingerprint density at radius 2 is 2.00 bits per heavy atom. The molecule has 0 spiro atoms. The Hall–Kier alpha value is -1.35. The lowest BCUT2D eigenvalue weighted by atomic mass is 9.99. The molecule has 0 atom stereocenters. The molecule has 0 fully saturated rings. The molecule has 0 bridgehead atoms. The van der Waals surface area contributed by atoms with Gasteiger partial charge >= 0.3 is 0 Å². The van der Waals surface area contributed by atoms with Crippen molar-refractivity contribution in [1.82, 2.24) is 0 Å². The Kier molecular flexibility index (Phi) is 2.97. The zero-order chi connectivity index (χ0) is 11.7. The van der Waals surface area contributed by atoms with E-state index in [1.807, 2.05) is 13.8 Å². The van der Waals surface area contributed by atoms with E-state index in [9.17, 15) is 4.79 Å². The van der Waals surface area contributed by atoms with Crippen molar-refractivity contribution in [3.05, 3.63) is 28.3 Å². The molecule has 0 unspecified atom stereocenters. The predicted octanol–water partition coefficient (Wildman–Crippen LogP) is 2.42. The number of ketones is 1. The first-order chi connectivity index (χ1) is 7.65. The summed E-state index contributed by atoms with van der Waals surface area (Å²) in [6, 6.07) is 2.07. The van der Waals surface area contributed by atoms with Crippen molar-refractivity contribution in [1.29, 1.82) is 0 Å². The minimum Gasteiger partial charge on any atom is -0.467 e. The number of ether oxygens (including phenoxy) is 2. The van der Waals surface area contributed by atoms with E-state index in [2.05, 4.69) is 6.07 Å². The van der Waals surface area contributed by atoms with Crippen LogP contribution in [0.3, 0.4) is 0 Å². The number of hydrogen-bond donors (Lipinski definition) is 0. The summed E-state index contributed by atoms with van der Waals surface area (Å²) in [6.45, 7) is 4.19. The molecule has 0 radical (unpaired) electrons. The second-order valence-corrected chi connectivity index (χ2v) is 4.17. The number of carbonyl (C=O) groups excluding carboxylic acids is 1. The number of carbonyl (C=O) groups is 1. The van der Waals surface area contributed by atoms with Crippen molar-refractivity contribution in [2.75, 3.05) is 13.9 Å². The summed E-state index contributed by atoms with van der Waals surface area (Å²) in [5, 5.41) is 0. The Balaban J connectivity index is 2.51. The Morgan fingerprint density at radius 3 is 2.69 bits per heavy atom. The molecule has 0 N–H and O–H groups in total. The van der Waals surface area contributed by atoms with Crippen molar-refractivity contribution >= 4 is 5.78 Å². The number of fused-ring (bicyclic) bond motifs is 1. The largest absolute Gasteiger partial charge is 0.467 e. The van der Waals surface area contributed by atoms with E-state index in [-0.39, 0.29) is 12.6 Å². The molecule has 0 aliphatic heterocycles. The minimum absolute atomic E-state index is 0.184. The second kappa shape index (κ2) is 4.26. The van der Waals surface area contributed by atoms with Crippen LogP contribution in [-0.4, -0.2) is 19.7 Å². The molecule has 1 aliphatic carbocycles. The van der Waals surface area contributed by atoms with Crippen molar-refractivity contribution in [2.45, 2.75) is 26.7 Å². The summed E-state index contributed by atoms with van der Waals surface area (Å²) < 4.78 is 10.4. The molecular weight excluding hydrogens is 204 g/mol. The van der Waals surface area contributed by atoms with Crippen LogP contribution in [0.15, 0.2) is 6.07 Å². The van der Waals surface area contributed by atoms with E-state index < -0.39 is 0 Å². The van der Waals surface area contributed by atoms with Gasteiger partial charge in [0.15, 0.2) is 12.6 Å². The first kappa shape index (κ1) is 11.1. The summed E-state index contributed by atoms with van der Waals surface area (Å²) in [4.78, 5) is 11.8. The molecule has 0 aromatic heterocycles. The summed E-state index contributed by atoms with van der Waals surface area (Å²) in [7, 11) is 1.57. The highest BCUT2D eigenvalue weighted by molar-refractivity contribution is 6.03. The highest BCUT2D eigenvalue weighted by Crippen LogP contribution is 2.35. The van der Waals surface area contributed by atoms with Gasteiger partial charge in [-0.05, 0) is 37.0 Å². The van der Waals surface area contributed by atoms with Crippen LogP contribution in [0.2, 0.25) is 0 Å². The molecule has 3 nitrogen and oxygen atoms in total. The fourth-order valence-electron chi connectivity index (χ4n) is 2.29. The normalized spacial score (nSPS) is 14.1. The Bertz CT molecular complexity index is 435. The maximum atomic E-state index is 11.8. The van der Waals surface area contributed by atoms with Crippen molar-refractivity contribution < 1.29 is 14.3 Å². The molecule has 3 heteroatoms. The Morgan fingerprint density at radius 1 is 1.25 bits per heavy atom. The van der Waals surface area contributed by atoms with Crippen molar-refractivity contribution in [2.24, 2.45) is 0 Å². The number of benzene rings is 1. The molecule has 0 saturated heterocycles. The third-order valence-electron chi connectivity index (χ3n) is 3.00. The smallest absolute Gasteiger partial charge is 0.188 e. The fourth-order valence-corrected chi connectivity index (χ4v) is 2.29. The fraction of sp³-hybridized carbons (Fsp3) is 0.462. The highest BCUT2D eigenvalue weighted by atomic mass is 16.7. The monoisotopic (exact) mass is 220 g/mol. The molecule has 16 heavy (non-hydrogen) atoms. The summed E-state index contributed by atoms with van der Waals surface area (Å²) >= 11 is 0. The average Bonchev–Trinajstić information content (AvgIpc) is 2.61. The molecular formula is C13H16O3. The zero-order valence-electron chi connectivity index (χ0n) is 9.92. The van der Waals surface area contributed by atoms with Crippen LogP contribution in [0.1, 0.15) is 33.5 Å². The van der Waals surface area contributed by atoms with E-state index in [0.717, 1.165) is 23.1 Å². The van der Waals surface area contributed by atoms with Crippen LogP contribution in [0.25, 0.3) is 0 Å². The van der Waals surface area contributed by atoms with Crippen LogP contribution in [0.5, 0.6) is 5.75 Å². The van der Waals surface area contributed by atoms with Gasteiger partial charge in [-0.1, -0.05) is 6.07 Å². The van der Waals surface area contributed by atoms with E-state index in [0.29, 0.717) is 12.2 Å². The van der Waals surface area contributed by atoms with Gasteiger partial charge in [-0.3, -0.25) is 4.79 Å². The maximum absolute atomic E-state index is 11.8. The van der Waals surface area contributed by atoms with E-state index in [1.54, 1.807) is 7.11 Å². The Labute approximate surface area is 95.4 Å². The molecule has 1 aromatic carbocycles. The van der Waals surface area contributed by atoms with Gasteiger partial charge in [0.2, 0.25) is 0 Å². The van der Waals surface area contributed by atoms with Gasteiger partial charge in [0, 0.05) is 13.5 Å². The average molecular weight is 220 g/mol. The highest BCUT2D eigenvalue weighted by Gasteiger charge is 2.26. The van der Waals surface area contributed by atoms with Crippen LogP contribution in [-0.2, 0) is 11.2 Å². The molecule has 1 aliphatic rings. The van der Waals surface area contributed by atoms with Gasteiger partial charge in [-0.15, -0.1) is 0 Å². The zero-order valence-corrected chi connectivity index (χ0v) is 9.92. The van der Waals surface area contributed by atoms with Crippen molar-refractivity contribution in [3.8, 4) is 5.75 Å². The molecule has 2 rings (SSSR count). The van der Waals surface area contributed by atoms with E-state index >= 15 is 0 Å². The second-order valence-electron chi connectivity index (χ2n) is 4.17. The van der Waals surface area contributed by atoms with Crippen molar-refractivity contribution in [3.63, 3.8) is 0 Å². The summed E-state index contributed by atoms with van der Waals surface area (Å²) in [5.74, 6) is 0.887. The first-order valence-corrected chi connectivity index (χ1v) is 5.43. The van der Waals surface area contributed by atoms with Crippen LogP contribution in [0, 0.1) is 13.8 Å². The first-order valence-electron chi connectivity index (χ1n) is 5.43. The van der Waals surface area contributed by atoms with Gasteiger partial charge < -0.3 is 9.47 Å². The van der Waals surface area contributed by atoms with Crippen LogP contribution >= 0.6 is 0 Å². The summed E-state index contributed by atoms with van der Waals surface area (Å²) in [5.41, 5.74) is 4.10. The number of methoxy groups -OCH3 is 1. The SMILES string of the molecule is COCOc1c(C)cc(C)c2c1C(=O)CC2. The van der Waals surface area contributed by atoms with Gasteiger partial charge in [-0.2, -0.15) is 0 Å². The minimum atomic E-state index is 0.184. The third-order valence-corrected chi connectivity index (χ3v) is 3.00. The van der Waals surface area contributed by atoms with Crippen LogP contribution < -0.4 is 4.74 Å². The maximum Gasteiger partial charge on any atom is 0.188 e. The molecule has 0 amide bonds. The lowest BCUT2D eigenvalue weighted by Crippen LogP contribution is -2.06. The van der Waals surface area contributed by atoms with E-state index in [1.165, 1.54) is 5.56 Å². The standard InChI is InChI=1S/C13H16O3/c1-8-6-9(2)13(16-7-15-3)12-10(8)4-5-11(12)14/h6H,4-5,7H2,1-3H3. The molecule has 0 saturated carbocycles. The summed E-state index contributed by atoms with van der Waals surface area (Å²) in [6.07, 6.45) is 1.44. The number of rotatable bonds is 3. The van der Waals surface area contributed by atoms with Gasteiger partial charge in [0.05, 0.1) is 5.56 Å². The molecule has 0 heterocycles. The lowest BCUT2D eigenvalue weighted by molar-refractivity contribution is 0.0498. The topological polar surface area (TPSA) is 35.5 Å². The third kappa shape index (κ3) is 1.71. The number of hydrogen-bond acceptors (Lipinski definition) is 3. The molecule has 1 aromatic rings. The van der Waals surface area contributed by atoms with Gasteiger partial charge in [-0.25, -0.2) is 0 Å². The van der Waals surface area contributed by atoms with Gasteiger partial charge in [0.1, 0.15) is 5.75 Å². The predicted molar refractivity (Wildman–Crippen MR) is 61.1 cm³/mol. The number of aryl methyl sites for hydroxylation is 2.